The van der Waals surface area contributed by atoms with E-state index in [1.165, 1.54) is 0 Å². The average molecular weight is 459 g/mol. The Balaban J connectivity index is 1.25. The van der Waals surface area contributed by atoms with Gasteiger partial charge in [-0.15, -0.1) is 0 Å². The molecule has 0 saturated carbocycles. The zero-order valence-corrected chi connectivity index (χ0v) is 19.0. The predicted molar refractivity (Wildman–Crippen MR) is 122 cm³/mol. The van der Waals surface area contributed by atoms with E-state index in [2.05, 4.69) is 20.0 Å². The number of hydrogen-bond acceptors (Lipinski definition) is 8. The Labute approximate surface area is 193 Å². The van der Waals surface area contributed by atoms with Crippen LogP contribution in [0.15, 0.2) is 35.7 Å². The van der Waals surface area contributed by atoms with Crippen molar-refractivity contribution in [3.63, 3.8) is 0 Å². The lowest BCUT2D eigenvalue weighted by Crippen LogP contribution is -2.35. The van der Waals surface area contributed by atoms with Crippen LogP contribution in [-0.4, -0.2) is 59.5 Å². The van der Waals surface area contributed by atoms with Crippen LogP contribution in [0, 0.1) is 5.82 Å². The van der Waals surface area contributed by atoms with E-state index >= 15 is 0 Å². The maximum atomic E-state index is 14.5. The molecule has 1 aromatic carbocycles. The van der Waals surface area contributed by atoms with Gasteiger partial charge in [-0.1, -0.05) is 23.4 Å². The van der Waals surface area contributed by atoms with E-state index in [1.54, 1.807) is 30.6 Å². The Morgan fingerprint density at radius 2 is 2.03 bits per heavy atom. The summed E-state index contributed by atoms with van der Waals surface area (Å²) in [6, 6.07) is 4.93. The van der Waals surface area contributed by atoms with Crippen LogP contribution < -0.4 is 4.90 Å². The molecule has 4 rings (SSSR count). The number of anilines is 1. The standard InChI is InChI=1S/C24H31FN4O4/c1-17(33-22-7-2-3-12-31-22)16-32-28-20-8-10-29(11-9-20)24-26-13-19(14-27-24)21-6-4-5-18(15-30)23(21)25/h4-6,13-14,17,22,30H,2-3,7-12,15-16H2,1H3. The number of piperidine rings is 1. The molecule has 178 valence electrons. The molecule has 33 heavy (non-hydrogen) atoms. The number of halogens is 1. The fraction of sp³-hybridized carbons (Fsp3) is 0.542. The molecule has 2 unspecified atom stereocenters. The molecule has 2 atom stereocenters. The number of benzene rings is 1. The van der Waals surface area contributed by atoms with Gasteiger partial charge in [0.2, 0.25) is 5.95 Å². The summed E-state index contributed by atoms with van der Waals surface area (Å²) in [7, 11) is 0. The maximum absolute atomic E-state index is 14.5. The minimum atomic E-state index is -0.443. The molecular formula is C24H31FN4O4. The first-order chi connectivity index (χ1) is 16.1. The molecule has 1 aromatic heterocycles. The fourth-order valence-electron chi connectivity index (χ4n) is 3.95. The molecule has 3 heterocycles. The van der Waals surface area contributed by atoms with E-state index < -0.39 is 5.82 Å². The zero-order chi connectivity index (χ0) is 23.0. The van der Waals surface area contributed by atoms with Gasteiger partial charge < -0.3 is 24.3 Å². The van der Waals surface area contributed by atoms with Crippen LogP contribution in [0.25, 0.3) is 11.1 Å². The Morgan fingerprint density at radius 3 is 2.73 bits per heavy atom. The maximum Gasteiger partial charge on any atom is 0.225 e. The first-order valence-corrected chi connectivity index (χ1v) is 11.5. The third kappa shape index (κ3) is 6.25. The second kappa shape index (κ2) is 11.5. The summed E-state index contributed by atoms with van der Waals surface area (Å²) in [5.74, 6) is 0.160. The van der Waals surface area contributed by atoms with E-state index in [-0.39, 0.29) is 24.6 Å². The average Bonchev–Trinajstić information content (AvgIpc) is 2.85. The van der Waals surface area contributed by atoms with Crippen LogP contribution in [0.5, 0.6) is 0 Å². The summed E-state index contributed by atoms with van der Waals surface area (Å²) >= 11 is 0. The molecule has 2 fully saturated rings. The van der Waals surface area contributed by atoms with Crippen LogP contribution in [0.3, 0.4) is 0 Å². The molecule has 0 radical (unpaired) electrons. The third-order valence-electron chi connectivity index (χ3n) is 5.85. The normalized spacial score (nSPS) is 19.9. The number of aromatic nitrogens is 2. The number of oxime groups is 1. The van der Waals surface area contributed by atoms with Gasteiger partial charge in [-0.25, -0.2) is 14.4 Å². The summed E-state index contributed by atoms with van der Waals surface area (Å²) < 4.78 is 25.9. The molecule has 8 nitrogen and oxygen atoms in total. The number of ether oxygens (including phenoxy) is 2. The molecule has 0 bridgehead atoms. The van der Waals surface area contributed by atoms with Gasteiger partial charge in [0.1, 0.15) is 12.4 Å². The third-order valence-corrected chi connectivity index (χ3v) is 5.85. The van der Waals surface area contributed by atoms with Gasteiger partial charge >= 0.3 is 0 Å². The summed E-state index contributed by atoms with van der Waals surface area (Å²) in [5, 5.41) is 13.6. The molecule has 0 amide bonds. The van der Waals surface area contributed by atoms with E-state index in [9.17, 15) is 9.50 Å². The number of rotatable bonds is 8. The highest BCUT2D eigenvalue weighted by atomic mass is 19.1. The van der Waals surface area contributed by atoms with Crippen molar-refractivity contribution in [3.05, 3.63) is 42.0 Å². The predicted octanol–water partition coefficient (Wildman–Crippen LogP) is 3.68. The first kappa shape index (κ1) is 23.5. The molecule has 2 aliphatic heterocycles. The fourth-order valence-corrected chi connectivity index (χ4v) is 3.95. The lowest BCUT2D eigenvalue weighted by molar-refractivity contribution is -0.193. The Kier molecular flexibility index (Phi) is 8.20. The van der Waals surface area contributed by atoms with Crippen molar-refractivity contribution in [1.29, 1.82) is 0 Å². The van der Waals surface area contributed by atoms with Gasteiger partial charge in [-0.05, 0) is 26.2 Å². The summed E-state index contributed by atoms with van der Waals surface area (Å²) in [5.41, 5.74) is 2.22. The van der Waals surface area contributed by atoms with Crippen molar-refractivity contribution >= 4 is 11.7 Å². The van der Waals surface area contributed by atoms with Gasteiger partial charge in [-0.2, -0.15) is 0 Å². The SMILES string of the molecule is CC(CON=C1CCN(c2ncc(-c3cccc(CO)c3F)cn2)CC1)OC1CCCCO1. The highest BCUT2D eigenvalue weighted by Gasteiger charge is 2.20. The van der Waals surface area contributed by atoms with Gasteiger partial charge in [-0.3, -0.25) is 0 Å². The second-order valence-electron chi connectivity index (χ2n) is 8.39. The van der Waals surface area contributed by atoms with Crippen molar-refractivity contribution in [2.45, 2.75) is 58.0 Å². The minimum Gasteiger partial charge on any atom is -0.393 e. The van der Waals surface area contributed by atoms with Crippen LogP contribution in [0.1, 0.15) is 44.6 Å². The molecule has 0 aliphatic carbocycles. The molecular weight excluding hydrogens is 427 g/mol. The lowest BCUT2D eigenvalue weighted by Gasteiger charge is -2.27. The summed E-state index contributed by atoms with van der Waals surface area (Å²) in [6.45, 7) is 4.24. The van der Waals surface area contributed by atoms with Gasteiger partial charge in [0.25, 0.3) is 0 Å². The number of aliphatic hydroxyl groups is 1. The molecule has 2 aliphatic rings. The van der Waals surface area contributed by atoms with Gasteiger partial charge in [0, 0.05) is 61.6 Å². The van der Waals surface area contributed by atoms with Crippen molar-refractivity contribution < 1.29 is 23.8 Å². The summed E-state index contributed by atoms with van der Waals surface area (Å²) in [4.78, 5) is 16.5. The molecule has 9 heteroatoms. The number of nitrogens with zero attached hydrogens (tertiary/aromatic N) is 4. The van der Waals surface area contributed by atoms with E-state index in [4.69, 9.17) is 14.3 Å². The van der Waals surface area contributed by atoms with Gasteiger partial charge in [0.05, 0.1) is 18.4 Å². The van der Waals surface area contributed by atoms with E-state index in [0.29, 0.717) is 23.7 Å². The second-order valence-corrected chi connectivity index (χ2v) is 8.39. The monoisotopic (exact) mass is 458 g/mol. The van der Waals surface area contributed by atoms with Crippen molar-refractivity contribution in [2.75, 3.05) is 31.2 Å². The van der Waals surface area contributed by atoms with E-state index in [1.807, 2.05) is 6.92 Å². The molecule has 1 N–H and O–H groups in total. The van der Waals surface area contributed by atoms with Crippen molar-refractivity contribution in [2.24, 2.45) is 5.16 Å². The number of hydrogen-bond donors (Lipinski definition) is 1. The van der Waals surface area contributed by atoms with Crippen molar-refractivity contribution in [3.8, 4) is 11.1 Å². The molecule has 2 saturated heterocycles. The Hall–Kier alpha value is -2.62. The van der Waals surface area contributed by atoms with Crippen LogP contribution in [0.2, 0.25) is 0 Å². The highest BCUT2D eigenvalue weighted by Crippen LogP contribution is 2.25. The van der Waals surface area contributed by atoms with Gasteiger partial charge in [0.15, 0.2) is 6.29 Å². The minimum absolute atomic E-state index is 0.0765. The van der Waals surface area contributed by atoms with E-state index in [0.717, 1.165) is 57.5 Å². The Bertz CT molecular complexity index is 925. The quantitative estimate of drug-likeness (QED) is 0.604. The van der Waals surface area contributed by atoms with Crippen molar-refractivity contribution in [1.82, 2.24) is 9.97 Å². The largest absolute Gasteiger partial charge is 0.393 e. The highest BCUT2D eigenvalue weighted by molar-refractivity contribution is 5.86. The smallest absolute Gasteiger partial charge is 0.225 e. The topological polar surface area (TPSA) is 89.3 Å². The molecule has 2 aromatic rings. The first-order valence-electron chi connectivity index (χ1n) is 11.5. The van der Waals surface area contributed by atoms with Crippen LogP contribution in [0.4, 0.5) is 10.3 Å². The Morgan fingerprint density at radius 1 is 1.24 bits per heavy atom. The van der Waals surface area contributed by atoms with Crippen LogP contribution in [-0.2, 0) is 20.9 Å². The molecule has 0 spiro atoms. The lowest BCUT2D eigenvalue weighted by atomic mass is 10.1. The summed E-state index contributed by atoms with van der Waals surface area (Å²) in [6.07, 6.45) is 7.72. The number of aliphatic hydroxyl groups excluding tert-OH is 1. The zero-order valence-electron chi connectivity index (χ0n) is 19.0. The van der Waals surface area contributed by atoms with Crippen LogP contribution >= 0.6 is 0 Å².